The molecule has 1 amide bonds. The monoisotopic (exact) mass is 556 g/mol. The number of fused-ring (bicyclic) bond motifs is 2. The van der Waals surface area contributed by atoms with Crippen LogP contribution in [0.4, 0.5) is 17.2 Å². The molecule has 0 bridgehead atoms. The average Bonchev–Trinajstić information content (AvgIpc) is 3.51. The van der Waals surface area contributed by atoms with Crippen LogP contribution < -0.4 is 15.5 Å². The Morgan fingerprint density at radius 3 is 2.83 bits per heavy atom. The van der Waals surface area contributed by atoms with E-state index in [1.54, 1.807) is 26.2 Å². The molecule has 0 spiro atoms. The number of aryl methyl sites for hydroxylation is 1. The number of hydrogen-bond acceptors (Lipinski definition) is 9. The lowest BCUT2D eigenvalue weighted by Gasteiger charge is -2.40. The third kappa shape index (κ3) is 5.12. The van der Waals surface area contributed by atoms with Crippen LogP contribution in [-0.2, 0) is 24.9 Å². The van der Waals surface area contributed by atoms with Crippen molar-refractivity contribution in [3.05, 3.63) is 59.7 Å². The van der Waals surface area contributed by atoms with Gasteiger partial charge in [0.1, 0.15) is 17.6 Å². The van der Waals surface area contributed by atoms with Gasteiger partial charge in [-0.2, -0.15) is 0 Å². The van der Waals surface area contributed by atoms with E-state index in [0.29, 0.717) is 49.9 Å². The van der Waals surface area contributed by atoms with Gasteiger partial charge in [0.25, 0.3) is 5.91 Å². The number of nitrogens with one attached hydrogen (secondary N) is 2. The smallest absolute Gasteiger partial charge is 0.254 e. The Balaban J connectivity index is 1.35. The average molecular weight is 557 g/mol. The molecule has 0 radical (unpaired) electrons. The Hall–Kier alpha value is -4.06. The quantitative estimate of drug-likeness (QED) is 0.315. The third-order valence-corrected chi connectivity index (χ3v) is 7.73. The van der Waals surface area contributed by atoms with Crippen LogP contribution in [0.25, 0.3) is 22.3 Å². The number of morpholine rings is 1. The molecule has 1 fully saturated rings. The van der Waals surface area contributed by atoms with E-state index in [4.69, 9.17) is 14.7 Å². The summed E-state index contributed by atoms with van der Waals surface area (Å²) in [6.45, 7) is 6.39. The second kappa shape index (κ2) is 10.4. The number of amides is 1. The van der Waals surface area contributed by atoms with Crippen LogP contribution in [0.15, 0.2) is 42.9 Å². The molecule has 0 aromatic carbocycles. The molecule has 6 rings (SSSR count). The molecule has 11 heteroatoms. The predicted molar refractivity (Wildman–Crippen MR) is 158 cm³/mol. The van der Waals surface area contributed by atoms with Gasteiger partial charge in [0.05, 0.1) is 46.7 Å². The molecule has 6 heterocycles. The summed E-state index contributed by atoms with van der Waals surface area (Å²) in [5.74, 6) is 0.490. The van der Waals surface area contributed by atoms with E-state index in [-0.39, 0.29) is 12.0 Å². The van der Waals surface area contributed by atoms with Crippen molar-refractivity contribution in [3.63, 3.8) is 0 Å². The van der Waals surface area contributed by atoms with Crippen LogP contribution in [0.3, 0.4) is 0 Å². The number of ether oxygens (including phenoxy) is 1. The summed E-state index contributed by atoms with van der Waals surface area (Å²) in [6.07, 6.45) is 5.16. The highest BCUT2D eigenvalue weighted by atomic mass is 16.5. The topological polar surface area (TPSA) is 121 Å². The number of anilines is 3. The van der Waals surface area contributed by atoms with E-state index < -0.39 is 5.60 Å². The van der Waals surface area contributed by atoms with Crippen molar-refractivity contribution in [1.29, 1.82) is 0 Å². The van der Waals surface area contributed by atoms with Crippen LogP contribution in [0.5, 0.6) is 0 Å². The molecule has 1 atom stereocenters. The standard InChI is InChI=1S/C30H36N8O3/c1-30(2,40)24-17-38(12-13-41-24)23-6-7-25(35-22(23)16-36(3)4)34-21-15-32-27(20-14-33-29(39)26(20)21)18-8-10-31-28-19(18)9-11-37(28)5/h6-11,15,24,40H,12-14,16-17H2,1-5H3,(H,33,39)(H,34,35)/t24-/m0/s1. The van der Waals surface area contributed by atoms with Crippen molar-refractivity contribution in [1.82, 2.24) is 29.7 Å². The Labute approximate surface area is 239 Å². The molecule has 2 aliphatic heterocycles. The van der Waals surface area contributed by atoms with E-state index in [0.717, 1.165) is 39.2 Å². The van der Waals surface area contributed by atoms with Gasteiger partial charge in [-0.05, 0) is 52.2 Å². The van der Waals surface area contributed by atoms with Gasteiger partial charge < -0.3 is 34.8 Å². The van der Waals surface area contributed by atoms with Crippen LogP contribution in [0.2, 0.25) is 0 Å². The highest BCUT2D eigenvalue weighted by Crippen LogP contribution is 2.36. The molecule has 4 aromatic rings. The molecule has 11 nitrogen and oxygen atoms in total. The lowest BCUT2D eigenvalue weighted by Crippen LogP contribution is -2.52. The first-order valence-electron chi connectivity index (χ1n) is 13.8. The van der Waals surface area contributed by atoms with E-state index in [9.17, 15) is 9.90 Å². The van der Waals surface area contributed by atoms with Gasteiger partial charge in [0, 0.05) is 62.1 Å². The molecule has 0 aliphatic carbocycles. The number of rotatable bonds is 7. The zero-order chi connectivity index (χ0) is 28.9. The minimum absolute atomic E-state index is 0.138. The van der Waals surface area contributed by atoms with E-state index in [1.807, 2.05) is 56.2 Å². The first kappa shape index (κ1) is 27.1. The molecule has 0 unspecified atom stereocenters. The first-order valence-corrected chi connectivity index (χ1v) is 13.8. The fourth-order valence-corrected chi connectivity index (χ4v) is 5.64. The maximum atomic E-state index is 13.1. The summed E-state index contributed by atoms with van der Waals surface area (Å²) in [5.41, 5.74) is 5.58. The number of aliphatic hydroxyl groups is 1. The number of nitrogens with zero attached hydrogens (tertiary/aromatic N) is 6. The van der Waals surface area contributed by atoms with Gasteiger partial charge in [-0.3, -0.25) is 9.78 Å². The van der Waals surface area contributed by atoms with Crippen molar-refractivity contribution >= 4 is 34.1 Å². The summed E-state index contributed by atoms with van der Waals surface area (Å²) in [4.78, 5) is 31.7. The molecule has 1 saturated heterocycles. The highest BCUT2D eigenvalue weighted by molar-refractivity contribution is 6.06. The first-order chi connectivity index (χ1) is 19.6. The molecule has 0 saturated carbocycles. The summed E-state index contributed by atoms with van der Waals surface area (Å²) >= 11 is 0. The molecular weight excluding hydrogens is 520 g/mol. The van der Waals surface area contributed by atoms with Crippen LogP contribution >= 0.6 is 0 Å². The third-order valence-electron chi connectivity index (χ3n) is 7.73. The number of carbonyl (C=O) groups is 1. The zero-order valence-corrected chi connectivity index (χ0v) is 24.1. The van der Waals surface area contributed by atoms with Crippen molar-refractivity contribution < 1.29 is 14.6 Å². The molecular formula is C30H36N8O3. The molecule has 4 aromatic heterocycles. The second-order valence-electron chi connectivity index (χ2n) is 11.6. The van der Waals surface area contributed by atoms with Gasteiger partial charge in [-0.25, -0.2) is 9.97 Å². The van der Waals surface area contributed by atoms with Crippen molar-refractivity contribution in [2.75, 3.05) is 44.0 Å². The maximum Gasteiger partial charge on any atom is 0.254 e. The fourth-order valence-electron chi connectivity index (χ4n) is 5.64. The number of pyridine rings is 3. The summed E-state index contributed by atoms with van der Waals surface area (Å²) in [7, 11) is 5.98. The summed E-state index contributed by atoms with van der Waals surface area (Å²) in [5, 5.41) is 17.9. The SMILES string of the molecule is CN(C)Cc1nc(Nc2cnc(-c3ccnc4c3ccn4C)c3c2C(=O)NC3)ccc1N1CCO[C@H](C(C)(C)O)C1. The number of hydrogen-bond donors (Lipinski definition) is 3. The normalized spacial score (nSPS) is 17.3. The van der Waals surface area contributed by atoms with Crippen molar-refractivity contribution in [3.8, 4) is 11.3 Å². The summed E-state index contributed by atoms with van der Waals surface area (Å²) < 4.78 is 7.83. The summed E-state index contributed by atoms with van der Waals surface area (Å²) in [6, 6.07) is 7.94. The van der Waals surface area contributed by atoms with Gasteiger partial charge >= 0.3 is 0 Å². The minimum atomic E-state index is -0.946. The fraction of sp³-hybridized carbons (Fsp3) is 0.400. The van der Waals surface area contributed by atoms with Gasteiger partial charge in [-0.1, -0.05) is 0 Å². The van der Waals surface area contributed by atoms with Gasteiger partial charge in [0.2, 0.25) is 0 Å². The van der Waals surface area contributed by atoms with Crippen molar-refractivity contribution in [2.24, 2.45) is 7.05 Å². The molecule has 3 N–H and O–H groups in total. The maximum absolute atomic E-state index is 13.1. The largest absolute Gasteiger partial charge is 0.388 e. The Morgan fingerprint density at radius 1 is 1.22 bits per heavy atom. The van der Waals surface area contributed by atoms with E-state index >= 15 is 0 Å². The Bertz CT molecular complexity index is 1620. The van der Waals surface area contributed by atoms with Gasteiger partial charge in [-0.15, -0.1) is 0 Å². The van der Waals surface area contributed by atoms with Crippen LogP contribution in [-0.4, -0.2) is 80.9 Å². The molecule has 214 valence electrons. The lowest BCUT2D eigenvalue weighted by atomic mass is 10.00. The van der Waals surface area contributed by atoms with Gasteiger partial charge in [0.15, 0.2) is 0 Å². The van der Waals surface area contributed by atoms with Crippen molar-refractivity contribution in [2.45, 2.75) is 38.6 Å². The Morgan fingerprint density at radius 2 is 2.05 bits per heavy atom. The minimum Gasteiger partial charge on any atom is -0.388 e. The Kier molecular flexibility index (Phi) is 6.88. The lowest BCUT2D eigenvalue weighted by molar-refractivity contribution is -0.0928. The molecule has 2 aliphatic rings. The molecule has 41 heavy (non-hydrogen) atoms. The van der Waals surface area contributed by atoms with E-state index in [1.165, 1.54) is 0 Å². The van der Waals surface area contributed by atoms with E-state index in [2.05, 4.69) is 25.4 Å². The van der Waals surface area contributed by atoms with Crippen LogP contribution in [0.1, 0.15) is 35.5 Å². The predicted octanol–water partition coefficient (Wildman–Crippen LogP) is 3.06. The number of carbonyl (C=O) groups excluding carboxylic acids is 1. The highest BCUT2D eigenvalue weighted by Gasteiger charge is 2.34. The number of aromatic nitrogens is 4. The van der Waals surface area contributed by atoms with Crippen LogP contribution in [0, 0.1) is 0 Å². The second-order valence-corrected chi connectivity index (χ2v) is 11.6. The zero-order valence-electron chi connectivity index (χ0n) is 24.1.